The van der Waals surface area contributed by atoms with Crippen LogP contribution in [0.5, 0.6) is 0 Å². The molecule has 3 nitrogen and oxygen atoms in total. The first-order chi connectivity index (χ1) is 9.31. The van der Waals surface area contributed by atoms with E-state index in [9.17, 15) is 5.11 Å². The predicted molar refractivity (Wildman–Crippen MR) is 81.4 cm³/mol. The van der Waals surface area contributed by atoms with Crippen molar-refractivity contribution in [3.8, 4) is 0 Å². The number of aromatic nitrogens is 1. The number of fused-ring (bicyclic) bond motifs is 2. The molecule has 0 fully saturated rings. The first-order valence-electron chi connectivity index (χ1n) is 5.93. The largest absolute Gasteiger partial charge is 0.515 e. The van der Waals surface area contributed by atoms with E-state index in [4.69, 9.17) is 5.73 Å². The lowest BCUT2D eigenvalue weighted by molar-refractivity contribution is 0.541. The van der Waals surface area contributed by atoms with Crippen molar-refractivity contribution in [3.63, 3.8) is 0 Å². The van der Waals surface area contributed by atoms with Crippen molar-refractivity contribution in [1.29, 1.82) is 0 Å². The van der Waals surface area contributed by atoms with E-state index in [1.165, 1.54) is 11.5 Å². The van der Waals surface area contributed by atoms with Crippen LogP contribution in [0.25, 0.3) is 38.0 Å². The number of anilines is 1. The fourth-order valence-corrected chi connectivity index (χ4v) is 3.52. The van der Waals surface area contributed by atoms with Gasteiger partial charge >= 0.3 is 0 Å². The summed E-state index contributed by atoms with van der Waals surface area (Å²) in [7, 11) is 0. The van der Waals surface area contributed by atoms with E-state index in [0.717, 1.165) is 43.2 Å². The van der Waals surface area contributed by atoms with Gasteiger partial charge in [-0.25, -0.2) is 0 Å². The SMILES string of the molecule is Nc1ccc2snc3c4ccccc4c(=CO)c1c23. The Bertz CT molecular complexity index is 988. The minimum atomic E-state index is 0.670. The van der Waals surface area contributed by atoms with E-state index in [0.29, 0.717) is 5.69 Å². The quantitative estimate of drug-likeness (QED) is 0.379. The second-order valence-corrected chi connectivity index (χ2v) is 5.33. The highest BCUT2D eigenvalue weighted by Gasteiger charge is 2.14. The molecule has 0 aliphatic heterocycles. The van der Waals surface area contributed by atoms with Crippen LogP contribution in [0.3, 0.4) is 0 Å². The molecule has 0 spiro atoms. The number of hydrogen-bond donors (Lipinski definition) is 2. The van der Waals surface area contributed by atoms with Crippen molar-refractivity contribution in [2.45, 2.75) is 0 Å². The molecule has 1 heterocycles. The van der Waals surface area contributed by atoms with Gasteiger partial charge in [-0.05, 0) is 29.1 Å². The average Bonchev–Trinajstić information content (AvgIpc) is 2.87. The topological polar surface area (TPSA) is 59.1 Å². The minimum absolute atomic E-state index is 0.670. The Kier molecular flexibility index (Phi) is 2.00. The average molecular weight is 266 g/mol. The van der Waals surface area contributed by atoms with Crippen LogP contribution in [-0.2, 0) is 0 Å². The summed E-state index contributed by atoms with van der Waals surface area (Å²) in [6.07, 6.45) is 1.14. The number of aliphatic hydroxyl groups is 1. The highest BCUT2D eigenvalue weighted by atomic mass is 32.1. The molecule has 92 valence electrons. The predicted octanol–water partition coefficient (Wildman–Crippen LogP) is 3.20. The van der Waals surface area contributed by atoms with Gasteiger partial charge in [0.1, 0.15) is 0 Å². The first-order valence-corrected chi connectivity index (χ1v) is 6.71. The van der Waals surface area contributed by atoms with Crippen molar-refractivity contribution in [2.75, 3.05) is 5.73 Å². The number of nitrogens with zero attached hydrogens (tertiary/aromatic N) is 1. The normalized spacial score (nSPS) is 12.9. The number of nitrogen functional groups attached to an aromatic ring is 1. The molecule has 4 aromatic rings. The Morgan fingerprint density at radius 3 is 2.63 bits per heavy atom. The van der Waals surface area contributed by atoms with Gasteiger partial charge < -0.3 is 10.8 Å². The fraction of sp³-hybridized carbons (Fsp3) is 0. The molecule has 0 bridgehead atoms. The Hall–Kier alpha value is -2.33. The molecular formula is C15H10N2OS. The van der Waals surface area contributed by atoms with E-state index >= 15 is 0 Å². The van der Waals surface area contributed by atoms with Crippen LogP contribution in [0, 0.1) is 0 Å². The third-order valence-electron chi connectivity index (χ3n) is 3.54. The zero-order valence-electron chi connectivity index (χ0n) is 9.92. The molecule has 19 heavy (non-hydrogen) atoms. The third kappa shape index (κ3) is 1.24. The molecule has 0 aliphatic rings. The molecule has 0 saturated carbocycles. The number of benzene rings is 3. The van der Waals surface area contributed by atoms with E-state index in [2.05, 4.69) is 4.37 Å². The Labute approximate surface area is 112 Å². The Balaban J connectivity index is 2.54. The Morgan fingerprint density at radius 1 is 1.05 bits per heavy atom. The lowest BCUT2D eigenvalue weighted by Crippen LogP contribution is -2.07. The number of rotatable bonds is 0. The highest BCUT2D eigenvalue weighted by molar-refractivity contribution is 7.14. The maximum atomic E-state index is 9.64. The van der Waals surface area contributed by atoms with Crippen molar-refractivity contribution < 1.29 is 5.11 Å². The lowest BCUT2D eigenvalue weighted by Gasteiger charge is -2.07. The van der Waals surface area contributed by atoms with Crippen LogP contribution in [0.4, 0.5) is 5.69 Å². The smallest absolute Gasteiger partial charge is 0.0932 e. The van der Waals surface area contributed by atoms with Crippen molar-refractivity contribution >= 4 is 55.2 Å². The summed E-state index contributed by atoms with van der Waals surface area (Å²) >= 11 is 1.46. The molecule has 3 N–H and O–H groups in total. The van der Waals surface area contributed by atoms with Crippen LogP contribution >= 0.6 is 11.5 Å². The van der Waals surface area contributed by atoms with Crippen molar-refractivity contribution in [2.24, 2.45) is 0 Å². The van der Waals surface area contributed by atoms with Gasteiger partial charge in [0.2, 0.25) is 0 Å². The van der Waals surface area contributed by atoms with Gasteiger partial charge in [0.25, 0.3) is 0 Å². The number of nitrogens with two attached hydrogens (primary N) is 1. The molecule has 1 aromatic heterocycles. The summed E-state index contributed by atoms with van der Waals surface area (Å²) in [6, 6.07) is 11.8. The standard InChI is InChI=1S/C15H10N2OS/c16-11-5-6-12-14-13(11)10(7-18)8-3-1-2-4-9(8)15(14)17-19-12/h1-7,18H,16H2. The summed E-state index contributed by atoms with van der Waals surface area (Å²) in [4.78, 5) is 0. The molecule has 0 atom stereocenters. The third-order valence-corrected chi connectivity index (χ3v) is 4.35. The summed E-state index contributed by atoms with van der Waals surface area (Å²) in [6.45, 7) is 0. The molecule has 4 rings (SSSR count). The van der Waals surface area contributed by atoms with Gasteiger partial charge in [-0.3, -0.25) is 0 Å². The minimum Gasteiger partial charge on any atom is -0.515 e. The zero-order valence-corrected chi connectivity index (χ0v) is 10.7. The molecule has 0 amide bonds. The van der Waals surface area contributed by atoms with E-state index in [1.807, 2.05) is 36.4 Å². The van der Waals surface area contributed by atoms with Crippen molar-refractivity contribution in [3.05, 3.63) is 41.6 Å². The molecule has 0 unspecified atom stereocenters. The van der Waals surface area contributed by atoms with E-state index < -0.39 is 0 Å². The van der Waals surface area contributed by atoms with Gasteiger partial charge in [-0.2, -0.15) is 4.37 Å². The summed E-state index contributed by atoms with van der Waals surface area (Å²) in [5.74, 6) is 0. The maximum absolute atomic E-state index is 9.64. The summed E-state index contributed by atoms with van der Waals surface area (Å²) in [5, 5.41) is 14.4. The first kappa shape index (κ1) is 10.6. The van der Waals surface area contributed by atoms with Gasteiger partial charge in [-0.15, -0.1) is 0 Å². The second-order valence-electron chi connectivity index (χ2n) is 4.52. The monoisotopic (exact) mass is 266 g/mol. The van der Waals surface area contributed by atoms with E-state index in [1.54, 1.807) is 0 Å². The summed E-state index contributed by atoms with van der Waals surface area (Å²) < 4.78 is 5.65. The van der Waals surface area contributed by atoms with Gasteiger partial charge in [0.05, 0.1) is 16.5 Å². The van der Waals surface area contributed by atoms with Crippen LogP contribution in [0.1, 0.15) is 0 Å². The lowest BCUT2D eigenvalue weighted by atomic mass is 9.98. The maximum Gasteiger partial charge on any atom is 0.0932 e. The van der Waals surface area contributed by atoms with Crippen LogP contribution in [-0.4, -0.2) is 9.48 Å². The molecule has 0 aliphatic carbocycles. The fourth-order valence-electron chi connectivity index (χ4n) is 2.72. The Morgan fingerprint density at radius 2 is 1.84 bits per heavy atom. The number of aliphatic hydroxyl groups excluding tert-OH is 1. The van der Waals surface area contributed by atoms with Crippen LogP contribution in [0.2, 0.25) is 0 Å². The molecule has 0 radical (unpaired) electrons. The molecule has 4 heteroatoms. The van der Waals surface area contributed by atoms with Crippen molar-refractivity contribution in [1.82, 2.24) is 4.37 Å². The molecular weight excluding hydrogens is 256 g/mol. The number of hydrogen-bond acceptors (Lipinski definition) is 4. The van der Waals surface area contributed by atoms with Gasteiger partial charge in [0, 0.05) is 27.1 Å². The zero-order chi connectivity index (χ0) is 13.0. The van der Waals surface area contributed by atoms with Gasteiger partial charge in [-0.1, -0.05) is 24.3 Å². The molecule has 3 aromatic carbocycles. The van der Waals surface area contributed by atoms with Crippen LogP contribution < -0.4 is 11.0 Å². The van der Waals surface area contributed by atoms with Gasteiger partial charge in [0.15, 0.2) is 0 Å². The second kappa shape index (κ2) is 3.59. The summed E-state index contributed by atoms with van der Waals surface area (Å²) in [5.41, 5.74) is 7.74. The highest BCUT2D eigenvalue weighted by Crippen LogP contribution is 2.35. The van der Waals surface area contributed by atoms with Crippen LogP contribution in [0.15, 0.2) is 36.4 Å². The molecule has 0 saturated heterocycles. The van der Waals surface area contributed by atoms with E-state index in [-0.39, 0.29) is 0 Å².